The number of rotatable bonds is 5. The summed E-state index contributed by atoms with van der Waals surface area (Å²) in [6.07, 6.45) is -0.212. The fourth-order valence-electron chi connectivity index (χ4n) is 0.941. The summed E-state index contributed by atoms with van der Waals surface area (Å²) in [7, 11) is 3.09. The minimum absolute atomic E-state index is 0.165. The highest BCUT2D eigenvalue weighted by Crippen LogP contribution is 2.09. The molecule has 6 nitrogen and oxygen atoms in total. The van der Waals surface area contributed by atoms with Gasteiger partial charge < -0.3 is 19.7 Å². The summed E-state index contributed by atoms with van der Waals surface area (Å²) in [6, 6.07) is 0. The SMILES string of the molecule is COCNC(=O)CCN(C)C(=O)OC(C)(C)C. The molecule has 1 N–H and O–H groups in total. The van der Waals surface area contributed by atoms with Gasteiger partial charge >= 0.3 is 6.09 Å². The maximum atomic E-state index is 11.5. The molecule has 17 heavy (non-hydrogen) atoms. The number of nitrogens with zero attached hydrogens (tertiary/aromatic N) is 1. The number of hydrogen-bond donors (Lipinski definition) is 1. The summed E-state index contributed by atoms with van der Waals surface area (Å²) in [4.78, 5) is 24.1. The first kappa shape index (κ1) is 15.7. The molecular weight excluding hydrogens is 224 g/mol. The van der Waals surface area contributed by atoms with E-state index in [1.807, 2.05) is 0 Å². The van der Waals surface area contributed by atoms with Crippen molar-refractivity contribution in [2.24, 2.45) is 0 Å². The number of carbonyl (C=O) groups is 2. The van der Waals surface area contributed by atoms with Crippen LogP contribution in [0.3, 0.4) is 0 Å². The topological polar surface area (TPSA) is 67.9 Å². The first-order valence-corrected chi connectivity index (χ1v) is 5.46. The molecule has 0 aromatic heterocycles. The molecule has 0 unspecified atom stereocenters. The lowest BCUT2D eigenvalue weighted by Crippen LogP contribution is -2.36. The average molecular weight is 246 g/mol. The highest BCUT2D eigenvalue weighted by atomic mass is 16.6. The van der Waals surface area contributed by atoms with Gasteiger partial charge in [0.15, 0.2) is 0 Å². The predicted octanol–water partition coefficient (Wildman–Crippen LogP) is 0.964. The third-order valence-corrected chi connectivity index (χ3v) is 1.79. The fourth-order valence-corrected chi connectivity index (χ4v) is 0.941. The number of hydrogen-bond acceptors (Lipinski definition) is 4. The van der Waals surface area contributed by atoms with Crippen LogP contribution >= 0.6 is 0 Å². The first-order chi connectivity index (χ1) is 7.76. The summed E-state index contributed by atoms with van der Waals surface area (Å²) < 4.78 is 9.84. The highest BCUT2D eigenvalue weighted by molar-refractivity contribution is 5.76. The molecule has 0 saturated heterocycles. The highest BCUT2D eigenvalue weighted by Gasteiger charge is 2.19. The third kappa shape index (κ3) is 8.50. The standard InChI is InChI=1S/C11H22N2O4/c1-11(2,3)17-10(15)13(4)7-6-9(14)12-8-16-5/h6-8H2,1-5H3,(H,12,14). The van der Waals surface area contributed by atoms with Gasteiger partial charge in [0.05, 0.1) is 0 Å². The van der Waals surface area contributed by atoms with Crippen molar-refractivity contribution in [3.63, 3.8) is 0 Å². The van der Waals surface area contributed by atoms with E-state index in [4.69, 9.17) is 9.47 Å². The molecule has 0 spiro atoms. The van der Waals surface area contributed by atoms with Crippen LogP contribution < -0.4 is 5.32 Å². The first-order valence-electron chi connectivity index (χ1n) is 5.46. The van der Waals surface area contributed by atoms with E-state index in [1.165, 1.54) is 12.0 Å². The van der Waals surface area contributed by atoms with Gasteiger partial charge in [-0.25, -0.2) is 4.79 Å². The van der Waals surface area contributed by atoms with E-state index >= 15 is 0 Å². The molecule has 0 bridgehead atoms. The number of carbonyl (C=O) groups excluding carboxylic acids is 2. The van der Waals surface area contributed by atoms with Gasteiger partial charge in [0.25, 0.3) is 0 Å². The zero-order valence-corrected chi connectivity index (χ0v) is 11.2. The minimum Gasteiger partial charge on any atom is -0.444 e. The molecule has 0 rings (SSSR count). The molecule has 0 aliphatic heterocycles. The fraction of sp³-hybridized carbons (Fsp3) is 0.818. The Labute approximate surface area is 102 Å². The van der Waals surface area contributed by atoms with Crippen molar-refractivity contribution in [2.45, 2.75) is 32.8 Å². The Morgan fingerprint density at radius 1 is 1.29 bits per heavy atom. The van der Waals surface area contributed by atoms with E-state index in [0.717, 1.165) is 0 Å². The molecule has 2 amide bonds. The van der Waals surface area contributed by atoms with Gasteiger partial charge in [0.2, 0.25) is 5.91 Å². The van der Waals surface area contributed by atoms with Crippen molar-refractivity contribution in [1.29, 1.82) is 0 Å². The van der Waals surface area contributed by atoms with Crippen LogP contribution in [0.1, 0.15) is 27.2 Å². The van der Waals surface area contributed by atoms with Gasteiger partial charge in [0, 0.05) is 27.1 Å². The molecule has 0 aliphatic rings. The van der Waals surface area contributed by atoms with Crippen molar-refractivity contribution >= 4 is 12.0 Å². The normalized spacial score (nSPS) is 10.9. The summed E-state index contributed by atoms with van der Waals surface area (Å²) in [5.41, 5.74) is -0.524. The molecule has 0 fully saturated rings. The lowest BCUT2D eigenvalue weighted by Gasteiger charge is -2.24. The zero-order valence-electron chi connectivity index (χ0n) is 11.2. The van der Waals surface area contributed by atoms with Crippen LogP contribution in [0.2, 0.25) is 0 Å². The third-order valence-electron chi connectivity index (χ3n) is 1.79. The second-order valence-corrected chi connectivity index (χ2v) is 4.68. The van der Waals surface area contributed by atoms with Crippen molar-refractivity contribution in [3.8, 4) is 0 Å². The molecule has 0 aromatic rings. The van der Waals surface area contributed by atoms with Gasteiger partial charge in [0.1, 0.15) is 12.3 Å². The van der Waals surface area contributed by atoms with Crippen molar-refractivity contribution in [3.05, 3.63) is 0 Å². The average Bonchev–Trinajstić information content (AvgIpc) is 2.20. The Kier molecular flexibility index (Phi) is 6.57. The van der Waals surface area contributed by atoms with E-state index in [1.54, 1.807) is 27.8 Å². The Morgan fingerprint density at radius 3 is 2.35 bits per heavy atom. The molecule has 6 heteroatoms. The lowest BCUT2D eigenvalue weighted by molar-refractivity contribution is -0.122. The van der Waals surface area contributed by atoms with Crippen LogP contribution in [0.5, 0.6) is 0 Å². The van der Waals surface area contributed by atoms with E-state index in [0.29, 0.717) is 6.54 Å². The zero-order chi connectivity index (χ0) is 13.5. The van der Waals surface area contributed by atoms with Crippen LogP contribution in [0.25, 0.3) is 0 Å². The van der Waals surface area contributed by atoms with Gasteiger partial charge in [-0.1, -0.05) is 0 Å². The van der Waals surface area contributed by atoms with E-state index in [9.17, 15) is 9.59 Å². The summed E-state index contributed by atoms with van der Waals surface area (Å²) in [6.45, 7) is 5.87. The van der Waals surface area contributed by atoms with E-state index < -0.39 is 11.7 Å². The van der Waals surface area contributed by atoms with Gasteiger partial charge in [-0.3, -0.25) is 4.79 Å². The van der Waals surface area contributed by atoms with Crippen molar-refractivity contribution in [2.75, 3.05) is 27.4 Å². The Morgan fingerprint density at radius 2 is 1.88 bits per heavy atom. The molecule has 0 aliphatic carbocycles. The summed E-state index contributed by atoms with van der Waals surface area (Å²) in [5, 5.41) is 2.53. The lowest BCUT2D eigenvalue weighted by atomic mass is 10.2. The Bertz CT molecular complexity index is 261. The molecule has 100 valence electrons. The summed E-state index contributed by atoms with van der Waals surface area (Å²) in [5.74, 6) is -0.165. The van der Waals surface area contributed by atoms with Gasteiger partial charge in [-0.2, -0.15) is 0 Å². The Hall–Kier alpha value is -1.30. The quantitative estimate of drug-likeness (QED) is 0.734. The maximum Gasteiger partial charge on any atom is 0.410 e. The minimum atomic E-state index is -0.524. The summed E-state index contributed by atoms with van der Waals surface area (Å²) >= 11 is 0. The van der Waals surface area contributed by atoms with Gasteiger partial charge in [-0.15, -0.1) is 0 Å². The number of methoxy groups -OCH3 is 1. The van der Waals surface area contributed by atoms with Gasteiger partial charge in [-0.05, 0) is 20.8 Å². The maximum absolute atomic E-state index is 11.5. The largest absolute Gasteiger partial charge is 0.444 e. The van der Waals surface area contributed by atoms with Crippen LogP contribution in [-0.4, -0.2) is 49.9 Å². The molecule has 0 atom stereocenters. The smallest absolute Gasteiger partial charge is 0.410 e. The van der Waals surface area contributed by atoms with Crippen LogP contribution in [0.15, 0.2) is 0 Å². The number of ether oxygens (including phenoxy) is 2. The molecule has 0 saturated carbocycles. The monoisotopic (exact) mass is 246 g/mol. The molecule has 0 aromatic carbocycles. The Balaban J connectivity index is 3.89. The van der Waals surface area contributed by atoms with Crippen molar-refractivity contribution in [1.82, 2.24) is 10.2 Å². The second kappa shape index (κ2) is 7.11. The molecular formula is C11H22N2O4. The second-order valence-electron chi connectivity index (χ2n) is 4.68. The van der Waals surface area contributed by atoms with Crippen LogP contribution in [-0.2, 0) is 14.3 Å². The van der Waals surface area contributed by atoms with E-state index in [2.05, 4.69) is 5.32 Å². The van der Waals surface area contributed by atoms with Crippen LogP contribution in [0.4, 0.5) is 4.79 Å². The number of amides is 2. The number of nitrogens with one attached hydrogen (secondary N) is 1. The van der Waals surface area contributed by atoms with Crippen molar-refractivity contribution < 1.29 is 19.1 Å². The predicted molar refractivity (Wildman–Crippen MR) is 63.5 cm³/mol. The molecule has 0 heterocycles. The molecule has 0 radical (unpaired) electrons. The van der Waals surface area contributed by atoms with Crippen LogP contribution in [0, 0.1) is 0 Å². The van der Waals surface area contributed by atoms with E-state index in [-0.39, 0.29) is 19.1 Å².